The van der Waals surface area contributed by atoms with Crippen molar-refractivity contribution in [3.63, 3.8) is 0 Å². The Bertz CT molecular complexity index is 697. The van der Waals surface area contributed by atoms with Gasteiger partial charge in [-0.1, -0.05) is 23.2 Å². The van der Waals surface area contributed by atoms with Gasteiger partial charge in [0, 0.05) is 25.2 Å². The fourth-order valence-corrected chi connectivity index (χ4v) is 3.37. The lowest BCUT2D eigenvalue weighted by atomic mass is 10.0. The molecule has 1 aromatic rings. The van der Waals surface area contributed by atoms with Crippen LogP contribution in [0.15, 0.2) is 18.2 Å². The molecular formula is C15H20Cl2N2O4S. The first-order chi connectivity index (χ1) is 11.3. The summed E-state index contributed by atoms with van der Waals surface area (Å²) in [6.07, 6.45) is 3.73. The number of hydrogen-bond donors (Lipinski definition) is 1. The van der Waals surface area contributed by atoms with E-state index in [9.17, 15) is 13.2 Å². The lowest BCUT2D eigenvalue weighted by molar-refractivity contribution is -0.136. The normalized spacial score (nSPS) is 18.5. The quantitative estimate of drug-likeness (QED) is 0.802. The summed E-state index contributed by atoms with van der Waals surface area (Å²) >= 11 is 11.7. The number of sulfonamides is 1. The number of rotatable bonds is 6. The van der Waals surface area contributed by atoms with Crippen LogP contribution in [0.2, 0.25) is 10.0 Å². The first-order valence-electron chi connectivity index (χ1n) is 7.58. The molecule has 1 fully saturated rings. The van der Waals surface area contributed by atoms with Crippen molar-refractivity contribution < 1.29 is 17.9 Å². The molecule has 134 valence electrons. The Morgan fingerprint density at radius 2 is 2.08 bits per heavy atom. The van der Waals surface area contributed by atoms with Crippen molar-refractivity contribution in [3.05, 3.63) is 28.2 Å². The highest BCUT2D eigenvalue weighted by molar-refractivity contribution is 7.88. The van der Waals surface area contributed by atoms with Crippen LogP contribution in [0.1, 0.15) is 19.3 Å². The third-order valence-electron chi connectivity index (χ3n) is 3.78. The van der Waals surface area contributed by atoms with Crippen molar-refractivity contribution in [1.82, 2.24) is 9.62 Å². The zero-order valence-electron chi connectivity index (χ0n) is 13.3. The summed E-state index contributed by atoms with van der Waals surface area (Å²) in [6, 6.07) is 4.64. The zero-order valence-corrected chi connectivity index (χ0v) is 15.6. The van der Waals surface area contributed by atoms with Crippen LogP contribution in [0, 0.1) is 0 Å². The van der Waals surface area contributed by atoms with Crippen molar-refractivity contribution in [3.8, 4) is 5.75 Å². The van der Waals surface area contributed by atoms with E-state index in [1.165, 1.54) is 0 Å². The Balaban J connectivity index is 1.94. The Hall–Kier alpha value is -1.02. The Kier molecular flexibility index (Phi) is 6.74. The van der Waals surface area contributed by atoms with Gasteiger partial charge in [-0.15, -0.1) is 0 Å². The molecule has 0 radical (unpaired) electrons. The molecule has 9 heteroatoms. The predicted molar refractivity (Wildman–Crippen MR) is 94.2 cm³/mol. The van der Waals surface area contributed by atoms with Gasteiger partial charge in [-0.2, -0.15) is 0 Å². The Morgan fingerprint density at radius 1 is 1.33 bits per heavy atom. The molecule has 1 heterocycles. The molecule has 1 saturated heterocycles. The molecule has 1 unspecified atom stereocenters. The number of ether oxygens (including phenoxy) is 1. The van der Waals surface area contributed by atoms with Gasteiger partial charge in [-0.25, -0.2) is 13.1 Å². The van der Waals surface area contributed by atoms with Gasteiger partial charge in [0.2, 0.25) is 10.0 Å². The second kappa shape index (κ2) is 8.38. The minimum absolute atomic E-state index is 0.132. The number of amides is 1. The molecule has 2 rings (SSSR count). The smallest absolute Gasteiger partial charge is 0.260 e. The standard InChI is InChI=1S/C15H20Cl2N2O4S/c1-24(21,22)18-9-11-4-2-3-7-19(11)15(20)10-23-12-5-6-13(16)14(17)8-12/h5-6,8,11,18H,2-4,7,9-10H2,1H3. The topological polar surface area (TPSA) is 75.7 Å². The van der Waals surface area contributed by atoms with E-state index >= 15 is 0 Å². The summed E-state index contributed by atoms with van der Waals surface area (Å²) in [6.45, 7) is 0.685. The Labute approximate surface area is 152 Å². The number of carbonyl (C=O) groups excluding carboxylic acids is 1. The van der Waals surface area contributed by atoms with E-state index in [0.717, 1.165) is 25.5 Å². The van der Waals surface area contributed by atoms with Crippen molar-refractivity contribution in [2.75, 3.05) is 26.0 Å². The summed E-state index contributed by atoms with van der Waals surface area (Å²) in [5.41, 5.74) is 0. The lowest BCUT2D eigenvalue weighted by Gasteiger charge is -2.35. The average molecular weight is 395 g/mol. The number of hydrogen-bond acceptors (Lipinski definition) is 4. The molecule has 0 aliphatic carbocycles. The summed E-state index contributed by atoms with van der Waals surface area (Å²) in [4.78, 5) is 14.1. The van der Waals surface area contributed by atoms with Gasteiger partial charge in [0.15, 0.2) is 6.61 Å². The number of benzene rings is 1. The third kappa shape index (κ3) is 5.81. The third-order valence-corrected chi connectivity index (χ3v) is 5.21. The number of likely N-dealkylation sites (tertiary alicyclic amines) is 1. The van der Waals surface area contributed by atoms with E-state index in [-0.39, 0.29) is 25.1 Å². The van der Waals surface area contributed by atoms with Gasteiger partial charge in [0.05, 0.1) is 16.3 Å². The maximum atomic E-state index is 12.4. The Morgan fingerprint density at radius 3 is 2.75 bits per heavy atom. The molecule has 6 nitrogen and oxygen atoms in total. The summed E-state index contributed by atoms with van der Waals surface area (Å²) in [5, 5.41) is 0.771. The van der Waals surface area contributed by atoms with Crippen molar-refractivity contribution in [2.24, 2.45) is 0 Å². The predicted octanol–water partition coefficient (Wildman–Crippen LogP) is 2.30. The molecule has 0 bridgehead atoms. The average Bonchev–Trinajstić information content (AvgIpc) is 2.53. The lowest BCUT2D eigenvalue weighted by Crippen LogP contribution is -2.50. The summed E-state index contributed by atoms with van der Waals surface area (Å²) < 4.78 is 30.5. The molecule has 1 aliphatic heterocycles. The van der Waals surface area contributed by atoms with E-state index in [0.29, 0.717) is 22.3 Å². The molecule has 1 aromatic carbocycles. The van der Waals surface area contributed by atoms with Crippen LogP contribution in [0.25, 0.3) is 0 Å². The molecule has 1 aliphatic rings. The highest BCUT2D eigenvalue weighted by Crippen LogP contribution is 2.26. The van der Waals surface area contributed by atoms with Crippen LogP contribution in [-0.2, 0) is 14.8 Å². The number of halogens is 2. The number of piperidine rings is 1. The van der Waals surface area contributed by atoms with E-state index < -0.39 is 10.0 Å². The van der Waals surface area contributed by atoms with Crippen LogP contribution < -0.4 is 9.46 Å². The minimum Gasteiger partial charge on any atom is -0.484 e. The van der Waals surface area contributed by atoms with E-state index in [1.54, 1.807) is 23.1 Å². The highest BCUT2D eigenvalue weighted by Gasteiger charge is 2.27. The van der Waals surface area contributed by atoms with Crippen LogP contribution >= 0.6 is 23.2 Å². The first kappa shape index (κ1) is 19.3. The maximum absolute atomic E-state index is 12.4. The van der Waals surface area contributed by atoms with Crippen LogP contribution in [0.4, 0.5) is 0 Å². The molecule has 0 saturated carbocycles. The van der Waals surface area contributed by atoms with Gasteiger partial charge in [0.25, 0.3) is 5.91 Å². The monoisotopic (exact) mass is 394 g/mol. The van der Waals surface area contributed by atoms with Gasteiger partial charge in [-0.05, 0) is 31.4 Å². The van der Waals surface area contributed by atoms with E-state index in [4.69, 9.17) is 27.9 Å². The van der Waals surface area contributed by atoms with Crippen molar-refractivity contribution in [2.45, 2.75) is 25.3 Å². The molecule has 1 N–H and O–H groups in total. The number of nitrogens with one attached hydrogen (secondary N) is 1. The summed E-state index contributed by atoms with van der Waals surface area (Å²) in [7, 11) is -3.28. The zero-order chi connectivity index (χ0) is 17.7. The largest absolute Gasteiger partial charge is 0.484 e. The fourth-order valence-electron chi connectivity index (χ4n) is 2.58. The highest BCUT2D eigenvalue weighted by atomic mass is 35.5. The van der Waals surface area contributed by atoms with Gasteiger partial charge in [0.1, 0.15) is 5.75 Å². The van der Waals surface area contributed by atoms with Crippen LogP contribution in [0.3, 0.4) is 0 Å². The fraction of sp³-hybridized carbons (Fsp3) is 0.533. The second-order valence-corrected chi connectivity index (χ2v) is 8.37. The summed E-state index contributed by atoms with van der Waals surface area (Å²) in [5.74, 6) is 0.279. The molecule has 0 aromatic heterocycles. The van der Waals surface area contributed by atoms with Gasteiger partial charge < -0.3 is 9.64 Å². The van der Waals surface area contributed by atoms with Gasteiger partial charge in [-0.3, -0.25) is 4.79 Å². The molecule has 0 spiro atoms. The van der Waals surface area contributed by atoms with Crippen molar-refractivity contribution in [1.29, 1.82) is 0 Å². The van der Waals surface area contributed by atoms with E-state index in [1.807, 2.05) is 0 Å². The first-order valence-corrected chi connectivity index (χ1v) is 10.2. The molecule has 24 heavy (non-hydrogen) atoms. The van der Waals surface area contributed by atoms with Gasteiger partial charge >= 0.3 is 0 Å². The SMILES string of the molecule is CS(=O)(=O)NCC1CCCCN1C(=O)COc1ccc(Cl)c(Cl)c1. The number of carbonyl (C=O) groups is 1. The van der Waals surface area contributed by atoms with Crippen molar-refractivity contribution >= 4 is 39.1 Å². The maximum Gasteiger partial charge on any atom is 0.260 e. The minimum atomic E-state index is -3.28. The molecular weight excluding hydrogens is 375 g/mol. The molecule has 1 amide bonds. The number of nitrogens with zero attached hydrogens (tertiary/aromatic N) is 1. The van der Waals surface area contributed by atoms with Crippen LogP contribution in [-0.4, -0.2) is 51.2 Å². The van der Waals surface area contributed by atoms with E-state index in [2.05, 4.69) is 4.72 Å². The van der Waals surface area contributed by atoms with Crippen LogP contribution in [0.5, 0.6) is 5.75 Å². The molecule has 1 atom stereocenters. The second-order valence-electron chi connectivity index (χ2n) is 5.72.